The van der Waals surface area contributed by atoms with Crippen molar-refractivity contribution in [2.45, 2.75) is 0 Å². The van der Waals surface area contributed by atoms with E-state index in [0.717, 1.165) is 0 Å². The van der Waals surface area contributed by atoms with Crippen LogP contribution in [-0.4, -0.2) is 0 Å². The van der Waals surface area contributed by atoms with Gasteiger partial charge in [0.2, 0.25) is 0 Å². The van der Waals surface area contributed by atoms with Gasteiger partial charge >= 0.3 is 0 Å². The summed E-state index contributed by atoms with van der Waals surface area (Å²) in [5, 5.41) is 15.7. The molecule has 0 bridgehead atoms. The standard InChI is InChI=1S/C46H28/c1-3-12-29(13-4-1)33-19-9-16-30-24-25-32(28-42(30)33)34-26-27-41-44-36(34)20-10-22-39(44)40-23-11-21-38-35-17-7-8-18-37(35)43(46(41)45(38)40)31-14-5-2-6-15-31/h1-28H. The molecule has 0 atom stereocenters. The van der Waals surface area contributed by atoms with Gasteiger partial charge in [-0.1, -0.05) is 164 Å². The van der Waals surface area contributed by atoms with Crippen LogP contribution in [0.25, 0.3) is 98.0 Å². The molecule has 10 aromatic rings. The summed E-state index contributed by atoms with van der Waals surface area (Å²) < 4.78 is 0. The van der Waals surface area contributed by atoms with Crippen LogP contribution in [0.3, 0.4) is 0 Å². The third-order valence-corrected chi connectivity index (χ3v) is 9.99. The molecule has 0 N–H and O–H groups in total. The number of fused-ring (bicyclic) bond motifs is 5. The summed E-state index contributed by atoms with van der Waals surface area (Å²) >= 11 is 0. The van der Waals surface area contributed by atoms with E-state index in [1.165, 1.54) is 98.0 Å². The van der Waals surface area contributed by atoms with Crippen LogP contribution in [0.1, 0.15) is 0 Å². The predicted octanol–water partition coefficient (Wildman–Crippen LogP) is 13.0. The van der Waals surface area contributed by atoms with Gasteiger partial charge in [-0.3, -0.25) is 0 Å². The average molecular weight is 581 g/mol. The first-order valence-electron chi connectivity index (χ1n) is 16.0. The Labute approximate surface area is 267 Å². The molecule has 0 nitrogen and oxygen atoms in total. The molecule has 0 saturated heterocycles. The molecular weight excluding hydrogens is 553 g/mol. The zero-order chi connectivity index (χ0) is 30.2. The fourth-order valence-corrected chi connectivity index (χ4v) is 8.04. The van der Waals surface area contributed by atoms with E-state index >= 15 is 0 Å². The van der Waals surface area contributed by atoms with Gasteiger partial charge in [0.15, 0.2) is 0 Å². The first-order valence-corrected chi connectivity index (χ1v) is 16.0. The molecule has 0 amide bonds. The highest BCUT2D eigenvalue weighted by molar-refractivity contribution is 6.40. The van der Waals surface area contributed by atoms with E-state index in [2.05, 4.69) is 170 Å². The molecule has 10 aromatic carbocycles. The van der Waals surface area contributed by atoms with Gasteiger partial charge in [-0.15, -0.1) is 0 Å². The number of hydrogen-bond acceptors (Lipinski definition) is 0. The molecule has 0 unspecified atom stereocenters. The SMILES string of the molecule is c1ccc(-c2cccc3ccc(-c4ccc5c6c(-c7ccccc7)c7ccccc7c7cccc(c8cccc4c85)c76)cc23)cc1. The van der Waals surface area contributed by atoms with Crippen LogP contribution in [0, 0.1) is 0 Å². The molecular formula is C46H28. The van der Waals surface area contributed by atoms with Gasteiger partial charge < -0.3 is 0 Å². The molecule has 0 fully saturated rings. The second-order valence-corrected chi connectivity index (χ2v) is 12.4. The summed E-state index contributed by atoms with van der Waals surface area (Å²) in [6.07, 6.45) is 0. The van der Waals surface area contributed by atoms with Gasteiger partial charge in [0.1, 0.15) is 0 Å². The van der Waals surface area contributed by atoms with Gasteiger partial charge in [0.25, 0.3) is 0 Å². The topological polar surface area (TPSA) is 0 Å². The Hall–Kier alpha value is -5.98. The summed E-state index contributed by atoms with van der Waals surface area (Å²) in [7, 11) is 0. The van der Waals surface area contributed by atoms with Crippen LogP contribution in [0.2, 0.25) is 0 Å². The second kappa shape index (κ2) is 9.76. The van der Waals surface area contributed by atoms with E-state index in [1.54, 1.807) is 0 Å². The quantitative estimate of drug-likeness (QED) is 0.144. The predicted molar refractivity (Wildman–Crippen MR) is 199 cm³/mol. The Morgan fingerprint density at radius 3 is 1.61 bits per heavy atom. The van der Waals surface area contributed by atoms with Crippen LogP contribution in [0.15, 0.2) is 170 Å². The smallest absolute Gasteiger partial charge is 0.000763 e. The van der Waals surface area contributed by atoms with Gasteiger partial charge in [0.05, 0.1) is 0 Å². The molecule has 0 aliphatic heterocycles. The molecule has 0 aromatic heterocycles. The van der Waals surface area contributed by atoms with Crippen molar-refractivity contribution in [1.29, 1.82) is 0 Å². The van der Waals surface area contributed by atoms with Crippen molar-refractivity contribution in [1.82, 2.24) is 0 Å². The van der Waals surface area contributed by atoms with Crippen molar-refractivity contribution in [3.05, 3.63) is 170 Å². The monoisotopic (exact) mass is 580 g/mol. The molecule has 0 heterocycles. The van der Waals surface area contributed by atoms with Crippen LogP contribution < -0.4 is 0 Å². The Kier molecular flexibility index (Phi) is 5.38. The van der Waals surface area contributed by atoms with Gasteiger partial charge in [-0.25, -0.2) is 0 Å². The van der Waals surface area contributed by atoms with Crippen LogP contribution in [-0.2, 0) is 0 Å². The maximum absolute atomic E-state index is 2.39. The minimum absolute atomic E-state index is 1.24. The van der Waals surface area contributed by atoms with Crippen molar-refractivity contribution in [2.75, 3.05) is 0 Å². The van der Waals surface area contributed by atoms with E-state index in [4.69, 9.17) is 0 Å². The molecule has 46 heavy (non-hydrogen) atoms. The van der Waals surface area contributed by atoms with Crippen molar-refractivity contribution in [3.8, 4) is 33.4 Å². The minimum Gasteiger partial charge on any atom is -0.0622 e. The van der Waals surface area contributed by atoms with Crippen molar-refractivity contribution >= 4 is 64.6 Å². The molecule has 0 saturated carbocycles. The highest BCUT2D eigenvalue weighted by Gasteiger charge is 2.21. The van der Waals surface area contributed by atoms with Crippen molar-refractivity contribution in [2.24, 2.45) is 0 Å². The summed E-state index contributed by atoms with van der Waals surface area (Å²) in [5.41, 5.74) is 7.59. The number of rotatable bonds is 3. The Bertz CT molecular complexity index is 2770. The largest absolute Gasteiger partial charge is 0.0622 e. The van der Waals surface area contributed by atoms with Crippen LogP contribution in [0.5, 0.6) is 0 Å². The minimum atomic E-state index is 1.24. The summed E-state index contributed by atoms with van der Waals surface area (Å²) in [5.74, 6) is 0. The van der Waals surface area contributed by atoms with E-state index in [9.17, 15) is 0 Å². The number of benzene rings is 10. The third kappa shape index (κ3) is 3.56. The molecule has 0 aliphatic carbocycles. The molecule has 0 radical (unpaired) electrons. The Morgan fingerprint density at radius 1 is 0.239 bits per heavy atom. The van der Waals surface area contributed by atoms with Gasteiger partial charge in [0, 0.05) is 0 Å². The fourth-order valence-electron chi connectivity index (χ4n) is 8.04. The lowest BCUT2D eigenvalue weighted by molar-refractivity contribution is 1.64. The van der Waals surface area contributed by atoms with E-state index in [-0.39, 0.29) is 0 Å². The normalized spacial score (nSPS) is 11.9. The molecule has 212 valence electrons. The lowest BCUT2D eigenvalue weighted by Crippen LogP contribution is -1.93. The Morgan fingerprint density at radius 2 is 0.826 bits per heavy atom. The zero-order valence-corrected chi connectivity index (χ0v) is 25.2. The maximum atomic E-state index is 2.39. The molecule has 0 spiro atoms. The number of hydrogen-bond donors (Lipinski definition) is 0. The summed E-state index contributed by atoms with van der Waals surface area (Å²) in [6.45, 7) is 0. The van der Waals surface area contributed by atoms with Gasteiger partial charge in [-0.2, -0.15) is 0 Å². The molecule has 10 rings (SSSR count). The fraction of sp³-hybridized carbons (Fsp3) is 0. The molecule has 0 heteroatoms. The first kappa shape index (κ1) is 25.4. The first-order chi connectivity index (χ1) is 22.8. The molecule has 0 aliphatic rings. The average Bonchev–Trinajstić information content (AvgIpc) is 3.13. The lowest BCUT2D eigenvalue weighted by Gasteiger charge is -2.21. The van der Waals surface area contributed by atoms with E-state index in [1.807, 2.05) is 0 Å². The third-order valence-electron chi connectivity index (χ3n) is 9.99. The lowest BCUT2D eigenvalue weighted by atomic mass is 9.82. The second-order valence-electron chi connectivity index (χ2n) is 12.4. The highest BCUT2D eigenvalue weighted by Crippen LogP contribution is 2.49. The van der Waals surface area contributed by atoms with Crippen molar-refractivity contribution in [3.63, 3.8) is 0 Å². The van der Waals surface area contributed by atoms with Crippen LogP contribution in [0.4, 0.5) is 0 Å². The Balaban J connectivity index is 1.35. The van der Waals surface area contributed by atoms with E-state index < -0.39 is 0 Å². The maximum Gasteiger partial charge on any atom is -0.000763 e. The summed E-state index contributed by atoms with van der Waals surface area (Å²) in [4.78, 5) is 0. The summed E-state index contributed by atoms with van der Waals surface area (Å²) in [6, 6.07) is 62.7. The zero-order valence-electron chi connectivity index (χ0n) is 25.2. The highest BCUT2D eigenvalue weighted by atomic mass is 14.2. The van der Waals surface area contributed by atoms with Gasteiger partial charge in [-0.05, 0) is 104 Å². The van der Waals surface area contributed by atoms with Crippen LogP contribution >= 0.6 is 0 Å². The van der Waals surface area contributed by atoms with E-state index in [0.29, 0.717) is 0 Å². The van der Waals surface area contributed by atoms with Crippen molar-refractivity contribution < 1.29 is 0 Å².